The number of hydrogen-bond acceptors (Lipinski definition) is 1. The molecular weight excluding hydrogens is 158 g/mol. The van der Waals surface area contributed by atoms with Gasteiger partial charge in [-0.15, -0.1) is 0 Å². The van der Waals surface area contributed by atoms with Gasteiger partial charge < -0.3 is 4.90 Å². The molecule has 1 saturated heterocycles. The zero-order valence-electron chi connectivity index (χ0n) is 9.27. The molecular formula is C12H22N. The Morgan fingerprint density at radius 3 is 2.38 bits per heavy atom. The molecule has 0 atom stereocenters. The van der Waals surface area contributed by atoms with Crippen molar-refractivity contribution in [1.29, 1.82) is 0 Å². The summed E-state index contributed by atoms with van der Waals surface area (Å²) in [4.78, 5) is 2.56. The molecule has 0 bridgehead atoms. The summed E-state index contributed by atoms with van der Waals surface area (Å²) in [5.74, 6) is 1.53. The van der Waals surface area contributed by atoms with Crippen LogP contribution in [0.1, 0.15) is 40.0 Å². The van der Waals surface area contributed by atoms with Crippen molar-refractivity contribution in [2.24, 2.45) is 0 Å². The highest BCUT2D eigenvalue weighted by atomic mass is 15.1. The largest absolute Gasteiger partial charge is 0.302 e. The molecule has 0 aliphatic carbocycles. The lowest BCUT2D eigenvalue weighted by Gasteiger charge is -2.29. The van der Waals surface area contributed by atoms with Crippen LogP contribution >= 0.6 is 0 Å². The third-order valence-corrected chi connectivity index (χ3v) is 2.53. The van der Waals surface area contributed by atoms with Gasteiger partial charge in [0.25, 0.3) is 0 Å². The second-order valence-electron chi connectivity index (χ2n) is 4.25. The smallest absolute Gasteiger partial charge is 0.00385 e. The fraction of sp³-hybridized carbons (Fsp3) is 0.750. The van der Waals surface area contributed by atoms with Crippen LogP contribution in [0.3, 0.4) is 0 Å². The number of nitrogens with zero attached hydrogens (tertiary/aromatic N) is 1. The second-order valence-corrected chi connectivity index (χ2v) is 4.25. The van der Waals surface area contributed by atoms with Gasteiger partial charge in [-0.3, -0.25) is 0 Å². The van der Waals surface area contributed by atoms with Crippen LogP contribution in [0, 0.1) is 5.92 Å². The van der Waals surface area contributed by atoms with E-state index in [1.165, 1.54) is 44.8 Å². The van der Waals surface area contributed by atoms with Crippen LogP contribution in [0.2, 0.25) is 0 Å². The second kappa shape index (κ2) is 5.43. The highest BCUT2D eigenvalue weighted by molar-refractivity contribution is 5.05. The Labute approximate surface area is 82.8 Å². The molecule has 1 heteroatoms. The molecule has 13 heavy (non-hydrogen) atoms. The van der Waals surface area contributed by atoms with Crippen molar-refractivity contribution in [3.63, 3.8) is 0 Å². The van der Waals surface area contributed by atoms with Crippen LogP contribution in [0.15, 0.2) is 11.6 Å². The fourth-order valence-electron chi connectivity index (χ4n) is 1.94. The van der Waals surface area contributed by atoms with Crippen molar-refractivity contribution in [2.45, 2.75) is 40.0 Å². The van der Waals surface area contributed by atoms with Crippen molar-refractivity contribution < 1.29 is 0 Å². The average molecular weight is 180 g/mol. The molecule has 0 aromatic rings. The van der Waals surface area contributed by atoms with E-state index in [-0.39, 0.29) is 0 Å². The number of likely N-dealkylation sites (tertiary alicyclic amines) is 1. The maximum atomic E-state index is 2.56. The van der Waals surface area contributed by atoms with Gasteiger partial charge in [-0.05, 0) is 25.2 Å². The summed E-state index contributed by atoms with van der Waals surface area (Å²) >= 11 is 0. The molecule has 75 valence electrons. The maximum absolute atomic E-state index is 2.56. The molecule has 1 radical (unpaired) electrons. The quantitative estimate of drug-likeness (QED) is 0.603. The molecule has 1 fully saturated rings. The van der Waals surface area contributed by atoms with Gasteiger partial charge in [0, 0.05) is 19.6 Å². The Balaban J connectivity index is 2.26. The van der Waals surface area contributed by atoms with Crippen LogP contribution in [0.25, 0.3) is 0 Å². The molecule has 1 aliphatic heterocycles. The molecule has 0 amide bonds. The predicted octanol–water partition coefficient (Wildman–Crippen LogP) is 3.03. The van der Waals surface area contributed by atoms with Crippen LogP contribution in [-0.2, 0) is 0 Å². The third-order valence-electron chi connectivity index (χ3n) is 2.53. The topological polar surface area (TPSA) is 3.24 Å². The minimum atomic E-state index is 1.19. The third kappa shape index (κ3) is 3.95. The van der Waals surface area contributed by atoms with Gasteiger partial charge in [0.15, 0.2) is 0 Å². The van der Waals surface area contributed by atoms with Crippen LogP contribution in [-0.4, -0.2) is 24.5 Å². The first kappa shape index (κ1) is 10.8. The normalized spacial score (nSPS) is 19.5. The van der Waals surface area contributed by atoms with E-state index in [1.807, 2.05) is 0 Å². The molecule has 1 heterocycles. The molecule has 0 unspecified atom stereocenters. The minimum Gasteiger partial charge on any atom is -0.302 e. The van der Waals surface area contributed by atoms with Gasteiger partial charge in [-0.2, -0.15) is 0 Å². The molecule has 0 saturated carbocycles. The number of rotatable bonds is 3. The van der Waals surface area contributed by atoms with Gasteiger partial charge in [0.2, 0.25) is 0 Å². The van der Waals surface area contributed by atoms with Gasteiger partial charge in [0.1, 0.15) is 0 Å². The van der Waals surface area contributed by atoms with E-state index in [9.17, 15) is 0 Å². The van der Waals surface area contributed by atoms with E-state index in [4.69, 9.17) is 0 Å². The first-order valence-corrected chi connectivity index (χ1v) is 5.41. The van der Waals surface area contributed by atoms with Crippen molar-refractivity contribution >= 4 is 0 Å². The van der Waals surface area contributed by atoms with Crippen LogP contribution in [0.4, 0.5) is 0 Å². The van der Waals surface area contributed by atoms with Gasteiger partial charge in [-0.1, -0.05) is 32.4 Å². The van der Waals surface area contributed by atoms with Gasteiger partial charge in [-0.25, -0.2) is 0 Å². The lowest BCUT2D eigenvalue weighted by atomic mass is 10.0. The van der Waals surface area contributed by atoms with Crippen molar-refractivity contribution in [1.82, 2.24) is 4.90 Å². The summed E-state index contributed by atoms with van der Waals surface area (Å²) in [6.45, 7) is 10.4. The van der Waals surface area contributed by atoms with Crippen LogP contribution in [0.5, 0.6) is 0 Å². The van der Waals surface area contributed by atoms with E-state index in [1.54, 1.807) is 5.57 Å². The molecule has 1 aliphatic rings. The Kier molecular flexibility index (Phi) is 4.51. The lowest BCUT2D eigenvalue weighted by molar-refractivity contribution is 0.266. The molecule has 0 spiro atoms. The van der Waals surface area contributed by atoms with Gasteiger partial charge in [0.05, 0.1) is 0 Å². The Hall–Kier alpha value is -0.300. The van der Waals surface area contributed by atoms with Crippen LogP contribution < -0.4 is 0 Å². The summed E-state index contributed by atoms with van der Waals surface area (Å²) in [7, 11) is 0. The van der Waals surface area contributed by atoms with E-state index >= 15 is 0 Å². The average Bonchev–Trinajstić information content (AvgIpc) is 2.08. The summed E-state index contributed by atoms with van der Waals surface area (Å²) in [6, 6.07) is 0. The first-order valence-electron chi connectivity index (χ1n) is 5.41. The van der Waals surface area contributed by atoms with E-state index in [0.717, 1.165) is 0 Å². The highest BCUT2D eigenvalue weighted by Gasteiger charge is 2.13. The van der Waals surface area contributed by atoms with E-state index in [2.05, 4.69) is 31.7 Å². The van der Waals surface area contributed by atoms with Crippen molar-refractivity contribution in [3.05, 3.63) is 17.6 Å². The molecule has 1 nitrogen and oxygen atoms in total. The zero-order chi connectivity index (χ0) is 9.68. The van der Waals surface area contributed by atoms with Crippen molar-refractivity contribution in [2.75, 3.05) is 19.6 Å². The maximum Gasteiger partial charge on any atom is 0.00385 e. The lowest BCUT2D eigenvalue weighted by Crippen LogP contribution is -2.33. The fourth-order valence-corrected chi connectivity index (χ4v) is 1.94. The zero-order valence-corrected chi connectivity index (χ0v) is 9.27. The predicted molar refractivity (Wildman–Crippen MR) is 58.6 cm³/mol. The number of allylic oxidation sites excluding steroid dienone is 1. The molecule has 0 aromatic carbocycles. The minimum absolute atomic E-state index is 1.19. The Morgan fingerprint density at radius 2 is 1.92 bits per heavy atom. The van der Waals surface area contributed by atoms with E-state index in [0.29, 0.717) is 0 Å². The summed E-state index contributed by atoms with van der Waals surface area (Å²) in [6.07, 6.45) is 6.19. The molecule has 0 aromatic heterocycles. The van der Waals surface area contributed by atoms with Crippen molar-refractivity contribution in [3.8, 4) is 0 Å². The SMILES string of the molecule is CCC=C1CCN(C[C](C)C)CC1. The standard InChI is InChI=1S/C12H22N/c1-4-5-12-6-8-13(9-7-12)10-11(2)3/h5H,4,6-10H2,1-3H3. The number of piperidine rings is 1. The monoisotopic (exact) mass is 180 g/mol. The Morgan fingerprint density at radius 1 is 1.31 bits per heavy atom. The molecule has 1 rings (SSSR count). The summed E-state index contributed by atoms with van der Waals surface area (Å²) in [5, 5.41) is 0. The summed E-state index contributed by atoms with van der Waals surface area (Å²) < 4.78 is 0. The first-order chi connectivity index (χ1) is 6.22. The number of hydrogen-bond donors (Lipinski definition) is 0. The summed E-state index contributed by atoms with van der Waals surface area (Å²) in [5.41, 5.74) is 1.67. The Bertz CT molecular complexity index is 160. The van der Waals surface area contributed by atoms with E-state index < -0.39 is 0 Å². The molecule has 0 N–H and O–H groups in total. The van der Waals surface area contributed by atoms with Gasteiger partial charge >= 0.3 is 0 Å². The highest BCUT2D eigenvalue weighted by Crippen LogP contribution is 2.17.